The van der Waals surface area contributed by atoms with Crippen molar-refractivity contribution in [3.8, 4) is 17.3 Å². The number of para-hydroxylation sites is 1. The smallest absolute Gasteiger partial charge is 0.244 e. The second-order valence-electron chi connectivity index (χ2n) is 7.95. The summed E-state index contributed by atoms with van der Waals surface area (Å²) in [5, 5.41) is 8.87. The molecule has 2 heterocycles. The van der Waals surface area contributed by atoms with Gasteiger partial charge in [0.1, 0.15) is 22.3 Å². The molecule has 4 aromatic rings. The molecule has 0 fully saturated rings. The molecule has 1 N–H and O–H groups in total. The molecule has 37 heavy (non-hydrogen) atoms. The summed E-state index contributed by atoms with van der Waals surface area (Å²) in [5.74, 6) is 0.834. The van der Waals surface area contributed by atoms with Crippen LogP contribution in [-0.2, 0) is 10.0 Å². The van der Waals surface area contributed by atoms with Gasteiger partial charge in [-0.25, -0.2) is 17.8 Å². The third kappa shape index (κ3) is 5.84. The number of benzene rings is 2. The second kappa shape index (κ2) is 11.3. The fourth-order valence-corrected chi connectivity index (χ4v) is 5.00. The first-order valence-corrected chi connectivity index (χ1v) is 13.1. The first-order chi connectivity index (χ1) is 17.8. The van der Waals surface area contributed by atoms with Crippen LogP contribution in [0.2, 0.25) is 0 Å². The van der Waals surface area contributed by atoms with Crippen molar-refractivity contribution in [2.45, 2.75) is 25.7 Å². The Morgan fingerprint density at radius 3 is 2.38 bits per heavy atom. The molecule has 0 radical (unpaired) electrons. The zero-order chi connectivity index (χ0) is 26.4. The zero-order valence-electron chi connectivity index (χ0n) is 20.7. The van der Waals surface area contributed by atoms with Crippen LogP contribution in [0.15, 0.2) is 82.9 Å². The number of aromatic nitrogens is 3. The number of anilines is 1. The highest BCUT2D eigenvalue weighted by Gasteiger charge is 2.22. The van der Waals surface area contributed by atoms with E-state index in [1.165, 1.54) is 40.8 Å². The Hall–Kier alpha value is -4.09. The van der Waals surface area contributed by atoms with Crippen molar-refractivity contribution in [3.05, 3.63) is 90.0 Å². The molecule has 9 nitrogen and oxygen atoms in total. The van der Waals surface area contributed by atoms with Crippen LogP contribution in [0, 0.1) is 12.7 Å². The molecule has 192 valence electrons. The van der Waals surface area contributed by atoms with Crippen LogP contribution < -0.4 is 10.2 Å². The lowest BCUT2D eigenvalue weighted by atomic mass is 10.2. The Bertz CT molecular complexity index is 1470. The average molecular weight is 523 g/mol. The van der Waals surface area contributed by atoms with Gasteiger partial charge in [0.25, 0.3) is 0 Å². The van der Waals surface area contributed by atoms with Gasteiger partial charge in [-0.3, -0.25) is 5.43 Å². The van der Waals surface area contributed by atoms with Crippen LogP contribution >= 0.6 is 0 Å². The van der Waals surface area contributed by atoms with Crippen LogP contribution in [0.5, 0.6) is 11.6 Å². The lowest BCUT2D eigenvalue weighted by Crippen LogP contribution is -2.30. The van der Waals surface area contributed by atoms with Crippen molar-refractivity contribution in [2.75, 3.05) is 18.5 Å². The van der Waals surface area contributed by atoms with Gasteiger partial charge in [0.2, 0.25) is 15.9 Å². The highest BCUT2D eigenvalue weighted by Crippen LogP contribution is 2.29. The van der Waals surface area contributed by atoms with E-state index in [4.69, 9.17) is 4.74 Å². The molecule has 11 heteroatoms. The molecule has 0 unspecified atom stereocenters. The number of pyridine rings is 1. The van der Waals surface area contributed by atoms with E-state index >= 15 is 0 Å². The number of ether oxygens (including phenoxy) is 1. The lowest BCUT2D eigenvalue weighted by molar-refractivity contribution is 0.442. The molecule has 0 amide bonds. The van der Waals surface area contributed by atoms with E-state index in [1.54, 1.807) is 30.8 Å². The summed E-state index contributed by atoms with van der Waals surface area (Å²) >= 11 is 0. The van der Waals surface area contributed by atoms with E-state index in [9.17, 15) is 12.8 Å². The SMILES string of the molecule is CCN(CC)S(=O)(=O)c1ccc(NN=Cc2c(C)nn(-c3ccccc3)c2Oc2ccc(F)cc2)nc1. The van der Waals surface area contributed by atoms with Crippen LogP contribution in [0.25, 0.3) is 5.69 Å². The normalized spacial score (nSPS) is 11.8. The Morgan fingerprint density at radius 1 is 1.05 bits per heavy atom. The van der Waals surface area contributed by atoms with Gasteiger partial charge in [0.05, 0.1) is 23.2 Å². The fraction of sp³-hybridized carbons (Fsp3) is 0.192. The van der Waals surface area contributed by atoms with Crippen LogP contribution in [0.4, 0.5) is 10.2 Å². The van der Waals surface area contributed by atoms with Gasteiger partial charge >= 0.3 is 0 Å². The first-order valence-electron chi connectivity index (χ1n) is 11.7. The van der Waals surface area contributed by atoms with E-state index in [0.717, 1.165) is 5.69 Å². The van der Waals surface area contributed by atoms with Gasteiger partial charge in [-0.1, -0.05) is 32.0 Å². The number of aryl methyl sites for hydroxylation is 1. The summed E-state index contributed by atoms with van der Waals surface area (Å²) in [6.45, 7) is 6.15. The molecule has 0 spiro atoms. The van der Waals surface area contributed by atoms with Crippen molar-refractivity contribution in [1.29, 1.82) is 0 Å². The van der Waals surface area contributed by atoms with E-state index in [-0.39, 0.29) is 10.7 Å². The van der Waals surface area contributed by atoms with E-state index in [0.29, 0.717) is 41.8 Å². The number of nitrogens with zero attached hydrogens (tertiary/aromatic N) is 5. The standard InChI is InChI=1S/C26H27FN6O3S/c1-4-32(5-2)37(34,35)23-15-16-25(28-17-23)30-29-18-24-19(3)31-33(21-9-7-6-8-10-21)26(24)36-22-13-11-20(27)12-14-22/h6-18H,4-5H2,1-3H3,(H,28,30). The Kier molecular flexibility index (Phi) is 7.95. The quantitative estimate of drug-likeness (QED) is 0.233. The van der Waals surface area contributed by atoms with Crippen LogP contribution in [0.1, 0.15) is 25.1 Å². The molecule has 0 atom stereocenters. The number of rotatable bonds is 10. The largest absolute Gasteiger partial charge is 0.438 e. The van der Waals surface area contributed by atoms with Crippen molar-refractivity contribution < 1.29 is 17.5 Å². The van der Waals surface area contributed by atoms with E-state index in [1.807, 2.05) is 37.3 Å². The minimum atomic E-state index is -3.60. The minimum absolute atomic E-state index is 0.112. The third-order valence-corrected chi connectivity index (χ3v) is 7.58. The molecule has 0 bridgehead atoms. The van der Waals surface area contributed by atoms with Gasteiger partial charge in [-0.2, -0.15) is 19.2 Å². The molecule has 4 rings (SSSR count). The number of halogens is 1. The number of hydrazone groups is 1. The molecule has 2 aromatic carbocycles. The highest BCUT2D eigenvalue weighted by atomic mass is 32.2. The highest BCUT2D eigenvalue weighted by molar-refractivity contribution is 7.89. The molecule has 0 aliphatic heterocycles. The number of sulfonamides is 1. The minimum Gasteiger partial charge on any atom is -0.438 e. The van der Waals surface area contributed by atoms with Gasteiger partial charge in [-0.05, 0) is 55.5 Å². The number of hydrogen-bond acceptors (Lipinski definition) is 7. The Labute approximate surface area is 215 Å². The molecular formula is C26H27FN6O3S. The van der Waals surface area contributed by atoms with Crippen molar-refractivity contribution in [2.24, 2.45) is 5.10 Å². The van der Waals surface area contributed by atoms with Gasteiger partial charge in [0.15, 0.2) is 0 Å². The maximum absolute atomic E-state index is 13.4. The summed E-state index contributed by atoms with van der Waals surface area (Å²) < 4.78 is 47.8. The molecular weight excluding hydrogens is 495 g/mol. The van der Waals surface area contributed by atoms with E-state index in [2.05, 4.69) is 20.6 Å². The lowest BCUT2D eigenvalue weighted by Gasteiger charge is -2.18. The van der Waals surface area contributed by atoms with Crippen LogP contribution in [0.3, 0.4) is 0 Å². The second-order valence-corrected chi connectivity index (χ2v) is 9.88. The van der Waals surface area contributed by atoms with Gasteiger partial charge in [-0.15, -0.1) is 0 Å². The monoisotopic (exact) mass is 522 g/mol. The predicted molar refractivity (Wildman–Crippen MR) is 140 cm³/mol. The van der Waals surface area contributed by atoms with Gasteiger partial charge < -0.3 is 4.74 Å². The number of hydrogen-bond donors (Lipinski definition) is 1. The van der Waals surface area contributed by atoms with E-state index < -0.39 is 10.0 Å². The maximum atomic E-state index is 13.4. The molecule has 0 saturated carbocycles. The Balaban J connectivity index is 1.60. The summed E-state index contributed by atoms with van der Waals surface area (Å²) in [5.41, 5.74) is 4.84. The van der Waals surface area contributed by atoms with Crippen LogP contribution in [-0.4, -0.2) is 46.8 Å². The summed E-state index contributed by atoms with van der Waals surface area (Å²) in [6, 6.07) is 18.2. The fourth-order valence-electron chi connectivity index (χ4n) is 3.60. The van der Waals surface area contributed by atoms with Gasteiger partial charge in [0, 0.05) is 19.3 Å². The average Bonchev–Trinajstić information content (AvgIpc) is 3.21. The maximum Gasteiger partial charge on any atom is 0.244 e. The molecule has 2 aromatic heterocycles. The third-order valence-electron chi connectivity index (χ3n) is 5.54. The summed E-state index contributed by atoms with van der Waals surface area (Å²) in [4.78, 5) is 4.29. The number of nitrogens with one attached hydrogen (secondary N) is 1. The van der Waals surface area contributed by atoms with Crippen molar-refractivity contribution >= 4 is 22.1 Å². The summed E-state index contributed by atoms with van der Waals surface area (Å²) in [7, 11) is -3.60. The van der Waals surface area contributed by atoms with Crippen molar-refractivity contribution in [3.63, 3.8) is 0 Å². The topological polar surface area (TPSA) is 102 Å². The Morgan fingerprint density at radius 2 is 1.76 bits per heavy atom. The summed E-state index contributed by atoms with van der Waals surface area (Å²) in [6.07, 6.45) is 2.84. The van der Waals surface area contributed by atoms with Crippen molar-refractivity contribution in [1.82, 2.24) is 19.1 Å². The zero-order valence-corrected chi connectivity index (χ0v) is 21.5. The predicted octanol–water partition coefficient (Wildman–Crippen LogP) is 4.98. The molecule has 0 aliphatic rings. The first kappa shape index (κ1) is 26.0. The molecule has 0 aliphatic carbocycles. The molecule has 0 saturated heterocycles.